The standard InChI is InChI=1S/C17H23N3O3/c1-12(17(22)23-4)11-19(3)16(21)14-5-7-15(8-6-14)20-10-9-13(2)18-20/h5-8,12H,9-11H2,1-4H3. The van der Waals surface area contributed by atoms with E-state index in [9.17, 15) is 9.59 Å². The Morgan fingerprint density at radius 3 is 2.52 bits per heavy atom. The van der Waals surface area contributed by atoms with Crippen molar-refractivity contribution < 1.29 is 14.3 Å². The molecule has 124 valence electrons. The first-order valence-electron chi connectivity index (χ1n) is 7.67. The highest BCUT2D eigenvalue weighted by atomic mass is 16.5. The molecule has 0 saturated heterocycles. The van der Waals surface area contributed by atoms with Crippen LogP contribution < -0.4 is 5.01 Å². The number of rotatable bonds is 5. The number of carbonyl (C=O) groups excluding carboxylic acids is 2. The quantitative estimate of drug-likeness (QED) is 0.781. The molecule has 1 aliphatic rings. The molecule has 0 aromatic heterocycles. The Kier molecular flexibility index (Phi) is 5.36. The molecule has 0 spiro atoms. The lowest BCUT2D eigenvalue weighted by atomic mass is 10.1. The van der Waals surface area contributed by atoms with Crippen molar-refractivity contribution in [3.05, 3.63) is 29.8 Å². The number of benzene rings is 1. The first kappa shape index (κ1) is 17.0. The van der Waals surface area contributed by atoms with Gasteiger partial charge in [-0.3, -0.25) is 14.6 Å². The number of hydrogen-bond acceptors (Lipinski definition) is 5. The molecule has 0 fully saturated rings. The predicted octanol–water partition coefficient (Wildman–Crippen LogP) is 2.15. The van der Waals surface area contributed by atoms with E-state index in [2.05, 4.69) is 9.84 Å². The molecule has 6 heteroatoms. The predicted molar refractivity (Wildman–Crippen MR) is 89.7 cm³/mol. The Hall–Kier alpha value is -2.37. The molecule has 0 N–H and O–H groups in total. The van der Waals surface area contributed by atoms with Crippen molar-refractivity contribution in [2.45, 2.75) is 20.3 Å². The van der Waals surface area contributed by atoms with Gasteiger partial charge in [0.2, 0.25) is 0 Å². The molecule has 1 aromatic carbocycles. The van der Waals surface area contributed by atoms with Gasteiger partial charge in [0.05, 0.1) is 18.7 Å². The summed E-state index contributed by atoms with van der Waals surface area (Å²) in [7, 11) is 3.03. The van der Waals surface area contributed by atoms with E-state index in [4.69, 9.17) is 0 Å². The largest absolute Gasteiger partial charge is 0.469 e. The van der Waals surface area contributed by atoms with E-state index in [1.165, 1.54) is 12.0 Å². The Morgan fingerprint density at radius 2 is 2.00 bits per heavy atom. The molecule has 23 heavy (non-hydrogen) atoms. The normalized spacial score (nSPS) is 15.1. The third-order valence-corrected chi connectivity index (χ3v) is 3.89. The fourth-order valence-electron chi connectivity index (χ4n) is 2.53. The number of hydrogen-bond donors (Lipinski definition) is 0. The number of anilines is 1. The summed E-state index contributed by atoms with van der Waals surface area (Å²) >= 11 is 0. The number of hydrazone groups is 1. The van der Waals surface area contributed by atoms with Crippen molar-refractivity contribution in [1.29, 1.82) is 0 Å². The zero-order chi connectivity index (χ0) is 17.0. The van der Waals surface area contributed by atoms with E-state index in [0.29, 0.717) is 12.1 Å². The lowest BCUT2D eigenvalue weighted by Gasteiger charge is -2.21. The van der Waals surface area contributed by atoms with Gasteiger partial charge in [0.1, 0.15) is 0 Å². The highest BCUT2D eigenvalue weighted by molar-refractivity contribution is 5.94. The monoisotopic (exact) mass is 317 g/mol. The summed E-state index contributed by atoms with van der Waals surface area (Å²) in [5, 5.41) is 6.38. The molecule has 1 aliphatic heterocycles. The molecular formula is C17H23N3O3. The van der Waals surface area contributed by atoms with Crippen LogP contribution in [0.2, 0.25) is 0 Å². The van der Waals surface area contributed by atoms with Crippen LogP contribution in [0.1, 0.15) is 30.6 Å². The van der Waals surface area contributed by atoms with Gasteiger partial charge in [0, 0.05) is 37.8 Å². The maximum Gasteiger partial charge on any atom is 0.310 e. The van der Waals surface area contributed by atoms with E-state index < -0.39 is 0 Å². The molecule has 0 radical (unpaired) electrons. The Morgan fingerprint density at radius 1 is 1.35 bits per heavy atom. The van der Waals surface area contributed by atoms with Crippen molar-refractivity contribution >= 4 is 23.3 Å². The van der Waals surface area contributed by atoms with E-state index >= 15 is 0 Å². The molecule has 1 amide bonds. The maximum atomic E-state index is 12.4. The van der Waals surface area contributed by atoms with E-state index in [1.54, 1.807) is 26.1 Å². The molecule has 6 nitrogen and oxygen atoms in total. The number of nitrogens with zero attached hydrogens (tertiary/aromatic N) is 3. The molecule has 0 saturated carbocycles. The fraction of sp³-hybridized carbons (Fsp3) is 0.471. The zero-order valence-corrected chi connectivity index (χ0v) is 14.1. The summed E-state index contributed by atoms with van der Waals surface area (Å²) in [6.07, 6.45) is 0.967. The van der Waals surface area contributed by atoms with Crippen LogP contribution in [0.15, 0.2) is 29.4 Å². The second-order valence-electron chi connectivity index (χ2n) is 5.87. The van der Waals surface area contributed by atoms with Crippen molar-refractivity contribution in [1.82, 2.24) is 4.90 Å². The summed E-state index contributed by atoms with van der Waals surface area (Å²) in [6.45, 7) is 4.94. The Labute approximate surface area is 136 Å². The summed E-state index contributed by atoms with van der Waals surface area (Å²) in [5.41, 5.74) is 2.68. The van der Waals surface area contributed by atoms with Crippen molar-refractivity contribution in [2.75, 3.05) is 32.3 Å². The highest BCUT2D eigenvalue weighted by Crippen LogP contribution is 2.20. The minimum Gasteiger partial charge on any atom is -0.469 e. The highest BCUT2D eigenvalue weighted by Gasteiger charge is 2.20. The van der Waals surface area contributed by atoms with Gasteiger partial charge in [-0.2, -0.15) is 5.10 Å². The molecule has 2 rings (SSSR count). The van der Waals surface area contributed by atoms with Gasteiger partial charge in [-0.25, -0.2) is 0 Å². The van der Waals surface area contributed by atoms with Crippen LogP contribution in [-0.2, 0) is 9.53 Å². The average Bonchev–Trinajstić information content (AvgIpc) is 2.99. The molecule has 1 aromatic rings. The molecule has 1 atom stereocenters. The van der Waals surface area contributed by atoms with Crippen molar-refractivity contribution in [2.24, 2.45) is 11.0 Å². The summed E-state index contributed by atoms with van der Waals surface area (Å²) < 4.78 is 4.68. The van der Waals surface area contributed by atoms with Gasteiger partial charge in [-0.15, -0.1) is 0 Å². The summed E-state index contributed by atoms with van der Waals surface area (Å²) in [4.78, 5) is 25.4. The average molecular weight is 317 g/mol. The van der Waals surface area contributed by atoms with Gasteiger partial charge < -0.3 is 9.64 Å². The van der Waals surface area contributed by atoms with Gasteiger partial charge >= 0.3 is 5.97 Å². The van der Waals surface area contributed by atoms with Gasteiger partial charge in [0.15, 0.2) is 0 Å². The van der Waals surface area contributed by atoms with Gasteiger partial charge in [-0.05, 0) is 31.2 Å². The zero-order valence-electron chi connectivity index (χ0n) is 14.1. The first-order valence-corrected chi connectivity index (χ1v) is 7.67. The van der Waals surface area contributed by atoms with Crippen LogP contribution in [-0.4, -0.2) is 49.7 Å². The second-order valence-corrected chi connectivity index (χ2v) is 5.87. The Balaban J connectivity index is 2.01. The SMILES string of the molecule is COC(=O)C(C)CN(C)C(=O)c1ccc(N2CCC(C)=N2)cc1. The lowest BCUT2D eigenvalue weighted by Crippen LogP contribution is -2.34. The van der Waals surface area contributed by atoms with Gasteiger partial charge in [0.25, 0.3) is 5.91 Å². The van der Waals surface area contributed by atoms with Crippen molar-refractivity contribution in [3.8, 4) is 0 Å². The smallest absolute Gasteiger partial charge is 0.310 e. The lowest BCUT2D eigenvalue weighted by molar-refractivity contribution is -0.145. The first-order chi connectivity index (χ1) is 10.9. The van der Waals surface area contributed by atoms with Crippen LogP contribution in [0.5, 0.6) is 0 Å². The number of methoxy groups -OCH3 is 1. The van der Waals surface area contributed by atoms with Gasteiger partial charge in [-0.1, -0.05) is 6.92 Å². The third-order valence-electron chi connectivity index (χ3n) is 3.89. The summed E-state index contributed by atoms with van der Waals surface area (Å²) in [5.74, 6) is -0.786. The number of carbonyl (C=O) groups is 2. The van der Waals surface area contributed by atoms with Crippen LogP contribution in [0, 0.1) is 5.92 Å². The topological polar surface area (TPSA) is 62.2 Å². The third kappa shape index (κ3) is 4.09. The fourth-order valence-corrected chi connectivity index (χ4v) is 2.53. The van der Waals surface area contributed by atoms with E-state index in [-0.39, 0.29) is 17.8 Å². The van der Waals surface area contributed by atoms with E-state index in [0.717, 1.165) is 24.4 Å². The minimum atomic E-state index is -0.352. The number of ether oxygens (including phenoxy) is 1. The van der Waals surface area contributed by atoms with Crippen LogP contribution in [0.4, 0.5) is 5.69 Å². The van der Waals surface area contributed by atoms with Crippen LogP contribution >= 0.6 is 0 Å². The van der Waals surface area contributed by atoms with Crippen LogP contribution in [0.3, 0.4) is 0 Å². The van der Waals surface area contributed by atoms with Crippen molar-refractivity contribution in [3.63, 3.8) is 0 Å². The second kappa shape index (κ2) is 7.26. The molecule has 1 unspecified atom stereocenters. The molecular weight excluding hydrogens is 294 g/mol. The number of amides is 1. The number of esters is 1. The molecule has 0 aliphatic carbocycles. The summed E-state index contributed by atoms with van der Waals surface area (Å²) in [6, 6.07) is 7.38. The minimum absolute atomic E-state index is 0.117. The molecule has 1 heterocycles. The van der Waals surface area contributed by atoms with Crippen LogP contribution in [0.25, 0.3) is 0 Å². The Bertz CT molecular complexity index is 610. The maximum absolute atomic E-state index is 12.4. The van der Waals surface area contributed by atoms with E-state index in [1.807, 2.05) is 24.1 Å². The molecule has 0 bridgehead atoms.